The Labute approximate surface area is 140 Å². The first-order chi connectivity index (χ1) is 11.3. The Morgan fingerprint density at radius 1 is 1.38 bits per heavy atom. The van der Waals surface area contributed by atoms with Crippen LogP contribution in [0.15, 0.2) is 5.10 Å². The van der Waals surface area contributed by atoms with Crippen molar-refractivity contribution in [2.24, 2.45) is 5.10 Å². The fourth-order valence-corrected chi connectivity index (χ4v) is 4.19. The summed E-state index contributed by atoms with van der Waals surface area (Å²) in [5, 5.41) is 7.64. The fraction of sp³-hybridized carbons (Fsp3) is 0.714. The molecule has 0 unspecified atom stereocenters. The Kier molecular flexibility index (Phi) is 5.92. The number of hydrogen-bond acceptors (Lipinski definition) is 7. The van der Waals surface area contributed by atoms with Crippen LogP contribution in [-0.4, -0.2) is 67.6 Å². The average Bonchev–Trinajstić information content (AvgIpc) is 2.90. The van der Waals surface area contributed by atoms with E-state index < -0.39 is 34.4 Å². The van der Waals surface area contributed by atoms with Gasteiger partial charge in [-0.25, -0.2) is 18.2 Å². The van der Waals surface area contributed by atoms with Crippen molar-refractivity contribution in [3.8, 4) is 0 Å². The Bertz CT molecular complexity index is 657. The van der Waals surface area contributed by atoms with Gasteiger partial charge in [0.15, 0.2) is 16.4 Å². The minimum absolute atomic E-state index is 0.00828. The van der Waals surface area contributed by atoms with Crippen molar-refractivity contribution in [3.05, 3.63) is 0 Å². The molecule has 134 valence electrons. The molecule has 0 spiro atoms. The van der Waals surface area contributed by atoms with E-state index in [1.807, 2.05) is 6.92 Å². The highest BCUT2D eigenvalue weighted by molar-refractivity contribution is 7.91. The molecule has 2 heterocycles. The summed E-state index contributed by atoms with van der Waals surface area (Å²) in [4.78, 5) is 35.4. The Balaban J connectivity index is 1.96. The third-order valence-corrected chi connectivity index (χ3v) is 5.51. The van der Waals surface area contributed by atoms with Crippen LogP contribution >= 0.6 is 0 Å². The van der Waals surface area contributed by atoms with Gasteiger partial charge < -0.3 is 10.1 Å². The van der Waals surface area contributed by atoms with E-state index >= 15 is 0 Å². The number of sulfone groups is 1. The van der Waals surface area contributed by atoms with Crippen LogP contribution in [0.3, 0.4) is 0 Å². The fourth-order valence-electron chi connectivity index (χ4n) is 2.50. The van der Waals surface area contributed by atoms with Gasteiger partial charge in [-0.15, -0.1) is 0 Å². The van der Waals surface area contributed by atoms with E-state index in [9.17, 15) is 22.8 Å². The van der Waals surface area contributed by atoms with E-state index in [2.05, 4.69) is 10.4 Å². The maximum atomic E-state index is 12.0. The molecule has 24 heavy (non-hydrogen) atoms. The first-order valence-corrected chi connectivity index (χ1v) is 9.68. The maximum Gasteiger partial charge on any atom is 0.355 e. The summed E-state index contributed by atoms with van der Waals surface area (Å²) in [7, 11) is -3.17. The number of hydrazone groups is 1. The number of nitrogens with zero attached hydrogens (tertiary/aromatic N) is 2. The van der Waals surface area contributed by atoms with Crippen LogP contribution in [0.2, 0.25) is 0 Å². The zero-order chi connectivity index (χ0) is 17.7. The van der Waals surface area contributed by atoms with Gasteiger partial charge in [0.25, 0.3) is 5.91 Å². The Morgan fingerprint density at radius 3 is 2.75 bits per heavy atom. The van der Waals surface area contributed by atoms with E-state index in [0.717, 1.165) is 11.4 Å². The summed E-state index contributed by atoms with van der Waals surface area (Å²) in [6.45, 7) is 1.98. The van der Waals surface area contributed by atoms with E-state index in [1.54, 1.807) is 0 Å². The SMILES string of the molecule is CCCNC(=O)COC(=O)C1=NN([C@H]2CCS(=O)(=O)C2)C(=O)CC1. The standard InChI is InChI=1S/C14H21N3O6S/c1-2-6-15-12(18)8-23-14(20)11-3-4-13(19)17(16-11)10-5-7-24(21,22)9-10/h10H,2-9H2,1H3,(H,15,18)/t10-/m0/s1. The molecule has 2 amide bonds. The van der Waals surface area contributed by atoms with Crippen LogP contribution in [0, 0.1) is 0 Å². The molecule has 0 aromatic rings. The molecule has 10 heteroatoms. The molecular formula is C14H21N3O6S. The number of carbonyl (C=O) groups excluding carboxylic acids is 3. The van der Waals surface area contributed by atoms with Gasteiger partial charge in [0.05, 0.1) is 17.5 Å². The number of esters is 1. The van der Waals surface area contributed by atoms with Gasteiger partial charge in [-0.3, -0.25) is 9.59 Å². The second kappa shape index (κ2) is 7.73. The minimum atomic E-state index is -3.17. The van der Waals surface area contributed by atoms with Crippen molar-refractivity contribution in [3.63, 3.8) is 0 Å². The molecule has 0 aliphatic carbocycles. The van der Waals surface area contributed by atoms with Crippen molar-refractivity contribution < 1.29 is 27.5 Å². The van der Waals surface area contributed by atoms with Gasteiger partial charge in [-0.2, -0.15) is 5.10 Å². The van der Waals surface area contributed by atoms with Gasteiger partial charge in [-0.05, 0) is 12.8 Å². The summed E-state index contributed by atoms with van der Waals surface area (Å²) >= 11 is 0. The molecule has 0 saturated carbocycles. The average molecular weight is 359 g/mol. The Morgan fingerprint density at radius 2 is 2.12 bits per heavy atom. The van der Waals surface area contributed by atoms with Gasteiger partial charge in [0.2, 0.25) is 5.91 Å². The number of amides is 2. The van der Waals surface area contributed by atoms with E-state index in [-0.39, 0.29) is 36.0 Å². The third-order valence-electron chi connectivity index (χ3n) is 3.76. The van der Waals surface area contributed by atoms with Crippen LogP contribution in [0.25, 0.3) is 0 Å². The molecule has 0 aromatic heterocycles. The molecule has 1 atom stereocenters. The van der Waals surface area contributed by atoms with Crippen molar-refractivity contribution >= 4 is 33.3 Å². The second-order valence-electron chi connectivity index (χ2n) is 5.77. The van der Waals surface area contributed by atoms with Gasteiger partial charge >= 0.3 is 5.97 Å². The minimum Gasteiger partial charge on any atom is -0.451 e. The van der Waals surface area contributed by atoms with E-state index in [1.165, 1.54) is 0 Å². The highest BCUT2D eigenvalue weighted by Gasteiger charge is 2.37. The van der Waals surface area contributed by atoms with Crippen molar-refractivity contribution in [1.82, 2.24) is 10.3 Å². The van der Waals surface area contributed by atoms with Crippen LogP contribution in [-0.2, 0) is 29.0 Å². The number of nitrogens with one attached hydrogen (secondary N) is 1. The van der Waals surface area contributed by atoms with Gasteiger partial charge in [-0.1, -0.05) is 6.92 Å². The molecule has 2 rings (SSSR count). The monoisotopic (exact) mass is 359 g/mol. The topological polar surface area (TPSA) is 122 Å². The highest BCUT2D eigenvalue weighted by Crippen LogP contribution is 2.22. The zero-order valence-corrected chi connectivity index (χ0v) is 14.3. The Hall–Kier alpha value is -1.97. The highest BCUT2D eigenvalue weighted by atomic mass is 32.2. The van der Waals surface area contributed by atoms with E-state index in [0.29, 0.717) is 13.0 Å². The number of hydrogen-bond donors (Lipinski definition) is 1. The van der Waals surface area contributed by atoms with Gasteiger partial charge in [0.1, 0.15) is 5.71 Å². The number of ether oxygens (including phenoxy) is 1. The molecule has 1 fully saturated rings. The number of carbonyl (C=O) groups is 3. The lowest BCUT2D eigenvalue weighted by Crippen LogP contribution is -2.42. The van der Waals surface area contributed by atoms with Crippen molar-refractivity contribution in [1.29, 1.82) is 0 Å². The molecule has 2 aliphatic heterocycles. The first kappa shape index (κ1) is 18.4. The lowest BCUT2D eigenvalue weighted by molar-refractivity contribution is -0.142. The number of rotatable bonds is 6. The van der Waals surface area contributed by atoms with Crippen molar-refractivity contribution in [2.45, 2.75) is 38.6 Å². The molecule has 9 nitrogen and oxygen atoms in total. The zero-order valence-electron chi connectivity index (χ0n) is 13.5. The molecule has 0 aromatic carbocycles. The lowest BCUT2D eigenvalue weighted by atomic mass is 10.1. The molecule has 1 saturated heterocycles. The molecule has 0 bridgehead atoms. The van der Waals surface area contributed by atoms with Crippen molar-refractivity contribution in [2.75, 3.05) is 24.7 Å². The van der Waals surface area contributed by atoms with E-state index in [4.69, 9.17) is 4.74 Å². The quantitative estimate of drug-likeness (QED) is 0.621. The largest absolute Gasteiger partial charge is 0.451 e. The van der Waals surface area contributed by atoms with Gasteiger partial charge in [0, 0.05) is 19.4 Å². The maximum absolute atomic E-state index is 12.0. The predicted octanol–water partition coefficient (Wildman–Crippen LogP) is -0.779. The first-order valence-electron chi connectivity index (χ1n) is 7.86. The predicted molar refractivity (Wildman–Crippen MR) is 84.8 cm³/mol. The normalized spacial score (nSPS) is 22.9. The molecular weight excluding hydrogens is 338 g/mol. The summed E-state index contributed by atoms with van der Waals surface area (Å²) in [6, 6.07) is -0.543. The molecule has 0 radical (unpaired) electrons. The smallest absolute Gasteiger partial charge is 0.355 e. The summed E-state index contributed by atoms with van der Waals surface area (Å²) in [6.07, 6.45) is 1.25. The summed E-state index contributed by atoms with van der Waals surface area (Å²) < 4.78 is 28.0. The summed E-state index contributed by atoms with van der Waals surface area (Å²) in [5.41, 5.74) is 0.0298. The van der Waals surface area contributed by atoms with Crippen LogP contribution in [0.5, 0.6) is 0 Å². The third kappa shape index (κ3) is 4.76. The second-order valence-corrected chi connectivity index (χ2v) is 8.00. The van der Waals surface area contributed by atoms with Crippen LogP contribution in [0.4, 0.5) is 0 Å². The van der Waals surface area contributed by atoms with Crippen LogP contribution < -0.4 is 5.32 Å². The molecule has 2 aliphatic rings. The summed E-state index contributed by atoms with van der Waals surface area (Å²) in [5.74, 6) is -1.62. The lowest BCUT2D eigenvalue weighted by Gasteiger charge is -2.27. The van der Waals surface area contributed by atoms with Crippen LogP contribution in [0.1, 0.15) is 32.6 Å². The molecule has 1 N–H and O–H groups in total.